The molecule has 0 radical (unpaired) electrons. The van der Waals surface area contributed by atoms with Crippen LogP contribution in [0.1, 0.15) is 17.7 Å². The molecule has 0 aliphatic rings. The van der Waals surface area contributed by atoms with Gasteiger partial charge < -0.3 is 14.4 Å². The zero-order chi connectivity index (χ0) is 21.3. The minimum atomic E-state index is -0.208. The second-order valence-corrected chi connectivity index (χ2v) is 8.27. The molecule has 156 valence electrons. The Hall–Kier alpha value is -2.92. The number of hydrogen-bond acceptors (Lipinski definition) is 3. The van der Waals surface area contributed by atoms with Gasteiger partial charge in [0.25, 0.3) is 0 Å². The van der Waals surface area contributed by atoms with Crippen LogP contribution in [0.15, 0.2) is 54.6 Å². The molecule has 2 aromatic heterocycles. The molecule has 0 atom stereocenters. The predicted molar refractivity (Wildman–Crippen MR) is 124 cm³/mol. The van der Waals surface area contributed by atoms with Crippen molar-refractivity contribution in [1.29, 1.82) is 0 Å². The van der Waals surface area contributed by atoms with Crippen molar-refractivity contribution in [2.45, 2.75) is 19.9 Å². The predicted octanol–water partition coefficient (Wildman–Crippen LogP) is 5.07. The Morgan fingerprint density at radius 3 is 2.40 bits per heavy atom. The van der Waals surface area contributed by atoms with E-state index in [1.807, 2.05) is 12.1 Å². The van der Waals surface area contributed by atoms with Crippen molar-refractivity contribution in [2.24, 2.45) is 0 Å². The monoisotopic (exact) mass is 404 g/mol. The Morgan fingerprint density at radius 1 is 0.933 bits per heavy atom. The van der Waals surface area contributed by atoms with Gasteiger partial charge in [-0.15, -0.1) is 0 Å². The van der Waals surface area contributed by atoms with Crippen molar-refractivity contribution in [2.75, 3.05) is 39.1 Å². The number of rotatable bonds is 7. The fourth-order valence-corrected chi connectivity index (χ4v) is 4.12. The minimum absolute atomic E-state index is 0.208. The van der Waals surface area contributed by atoms with Gasteiger partial charge in [0.15, 0.2) is 0 Å². The zero-order valence-electron chi connectivity index (χ0n) is 18.2. The number of aromatic nitrogens is 2. The van der Waals surface area contributed by atoms with Gasteiger partial charge in [0, 0.05) is 36.4 Å². The lowest BCUT2D eigenvalue weighted by molar-refractivity contribution is 0.401. The van der Waals surface area contributed by atoms with E-state index < -0.39 is 0 Å². The zero-order valence-corrected chi connectivity index (χ0v) is 18.2. The lowest BCUT2D eigenvalue weighted by Crippen LogP contribution is -2.24. The maximum atomic E-state index is 13.4. The molecule has 0 bridgehead atoms. The van der Waals surface area contributed by atoms with Gasteiger partial charge in [-0.3, -0.25) is 0 Å². The number of aryl methyl sites for hydroxylation is 1. The standard InChI is InChI=1S/C25H29FN4/c1-18-25-22(16-24(27-18)29(4)15-7-14-28(2)3)21-8-5-6-9-23(21)30(25)17-19-10-12-20(26)13-11-19/h5-6,8-13,16H,7,14-15,17H2,1-4H3. The minimum Gasteiger partial charge on any atom is -0.360 e. The Bertz CT molecular complexity index is 1160. The molecule has 0 aliphatic heterocycles. The molecule has 2 aromatic carbocycles. The summed E-state index contributed by atoms with van der Waals surface area (Å²) in [5.74, 6) is 0.796. The van der Waals surface area contributed by atoms with Gasteiger partial charge in [0.1, 0.15) is 11.6 Å². The Morgan fingerprint density at radius 2 is 1.67 bits per heavy atom. The fourth-order valence-electron chi connectivity index (χ4n) is 4.12. The molecule has 0 unspecified atom stereocenters. The first-order valence-corrected chi connectivity index (χ1v) is 10.4. The summed E-state index contributed by atoms with van der Waals surface area (Å²) < 4.78 is 15.7. The van der Waals surface area contributed by atoms with Crippen LogP contribution < -0.4 is 4.90 Å². The molecule has 5 heteroatoms. The molecule has 0 fully saturated rings. The lowest BCUT2D eigenvalue weighted by atomic mass is 10.1. The smallest absolute Gasteiger partial charge is 0.129 e. The van der Waals surface area contributed by atoms with Crippen molar-refractivity contribution in [3.8, 4) is 0 Å². The number of fused-ring (bicyclic) bond motifs is 3. The van der Waals surface area contributed by atoms with Crippen molar-refractivity contribution >= 4 is 27.6 Å². The Labute approximate surface area is 177 Å². The van der Waals surface area contributed by atoms with E-state index in [4.69, 9.17) is 4.98 Å². The molecule has 0 saturated carbocycles. The Kier molecular flexibility index (Phi) is 5.73. The first kappa shape index (κ1) is 20.4. The second-order valence-electron chi connectivity index (χ2n) is 8.27. The van der Waals surface area contributed by atoms with Gasteiger partial charge >= 0.3 is 0 Å². The molecular weight excluding hydrogens is 375 g/mol. The molecule has 0 saturated heterocycles. The van der Waals surface area contributed by atoms with Gasteiger partial charge in [-0.05, 0) is 63.8 Å². The van der Waals surface area contributed by atoms with Gasteiger partial charge in [-0.2, -0.15) is 0 Å². The van der Waals surface area contributed by atoms with Crippen LogP contribution >= 0.6 is 0 Å². The summed E-state index contributed by atoms with van der Waals surface area (Å²) in [6.45, 7) is 4.79. The highest BCUT2D eigenvalue weighted by Gasteiger charge is 2.16. The number of nitrogens with zero attached hydrogens (tertiary/aromatic N) is 4. The van der Waals surface area contributed by atoms with E-state index in [-0.39, 0.29) is 5.82 Å². The molecule has 4 nitrogen and oxygen atoms in total. The Balaban J connectivity index is 1.77. The largest absolute Gasteiger partial charge is 0.360 e. The molecule has 30 heavy (non-hydrogen) atoms. The molecule has 0 amide bonds. The average molecular weight is 405 g/mol. The van der Waals surface area contributed by atoms with Gasteiger partial charge in [0.05, 0.1) is 11.2 Å². The van der Waals surface area contributed by atoms with Gasteiger partial charge in [0.2, 0.25) is 0 Å². The number of benzene rings is 2. The summed E-state index contributed by atoms with van der Waals surface area (Å²) in [6, 6.07) is 17.4. The normalized spacial score (nSPS) is 11.7. The highest BCUT2D eigenvalue weighted by Crippen LogP contribution is 2.33. The number of anilines is 1. The third-order valence-electron chi connectivity index (χ3n) is 5.65. The lowest BCUT2D eigenvalue weighted by Gasteiger charge is -2.20. The molecule has 2 heterocycles. The quantitative estimate of drug-likeness (QED) is 0.430. The van der Waals surface area contributed by atoms with Crippen LogP contribution in [0.3, 0.4) is 0 Å². The van der Waals surface area contributed by atoms with E-state index in [1.54, 1.807) is 0 Å². The van der Waals surface area contributed by atoms with Crippen LogP contribution in [-0.4, -0.2) is 48.7 Å². The SMILES string of the molecule is Cc1nc(N(C)CCCN(C)C)cc2c3ccccc3n(Cc3ccc(F)cc3)c12. The summed E-state index contributed by atoms with van der Waals surface area (Å²) in [6.07, 6.45) is 1.09. The van der Waals surface area contributed by atoms with E-state index in [0.29, 0.717) is 6.54 Å². The maximum Gasteiger partial charge on any atom is 0.129 e. The first-order valence-electron chi connectivity index (χ1n) is 10.4. The van der Waals surface area contributed by atoms with Crippen LogP contribution in [0.2, 0.25) is 0 Å². The maximum absolute atomic E-state index is 13.4. The second kappa shape index (κ2) is 8.44. The van der Waals surface area contributed by atoms with E-state index in [0.717, 1.165) is 42.1 Å². The highest BCUT2D eigenvalue weighted by molar-refractivity contribution is 6.09. The summed E-state index contributed by atoms with van der Waals surface area (Å²) in [4.78, 5) is 9.39. The van der Waals surface area contributed by atoms with Crippen LogP contribution in [0.25, 0.3) is 21.8 Å². The molecule has 4 aromatic rings. The van der Waals surface area contributed by atoms with Crippen molar-refractivity contribution < 1.29 is 4.39 Å². The van der Waals surface area contributed by atoms with Crippen LogP contribution in [0.5, 0.6) is 0 Å². The summed E-state index contributed by atoms with van der Waals surface area (Å²) in [7, 11) is 6.32. The summed E-state index contributed by atoms with van der Waals surface area (Å²) in [5, 5.41) is 2.44. The van der Waals surface area contributed by atoms with E-state index in [9.17, 15) is 4.39 Å². The van der Waals surface area contributed by atoms with Crippen molar-refractivity contribution in [1.82, 2.24) is 14.5 Å². The van der Waals surface area contributed by atoms with Crippen LogP contribution in [-0.2, 0) is 6.54 Å². The van der Waals surface area contributed by atoms with Gasteiger partial charge in [-0.25, -0.2) is 9.37 Å². The third kappa shape index (κ3) is 4.03. The average Bonchev–Trinajstić information content (AvgIpc) is 3.04. The number of para-hydroxylation sites is 1. The van der Waals surface area contributed by atoms with Crippen molar-refractivity contribution in [3.63, 3.8) is 0 Å². The van der Waals surface area contributed by atoms with Crippen LogP contribution in [0, 0.1) is 12.7 Å². The van der Waals surface area contributed by atoms with E-state index in [2.05, 4.69) is 72.8 Å². The van der Waals surface area contributed by atoms with E-state index in [1.165, 1.54) is 28.4 Å². The first-order chi connectivity index (χ1) is 14.4. The highest BCUT2D eigenvalue weighted by atomic mass is 19.1. The van der Waals surface area contributed by atoms with E-state index >= 15 is 0 Å². The number of halogens is 1. The molecular formula is C25H29FN4. The molecule has 0 aliphatic carbocycles. The molecule has 0 N–H and O–H groups in total. The summed E-state index contributed by atoms with van der Waals surface area (Å²) >= 11 is 0. The summed E-state index contributed by atoms with van der Waals surface area (Å²) in [5.41, 5.74) is 4.41. The van der Waals surface area contributed by atoms with Crippen LogP contribution in [0.4, 0.5) is 10.2 Å². The van der Waals surface area contributed by atoms with Gasteiger partial charge in [-0.1, -0.05) is 30.3 Å². The molecule has 0 spiro atoms. The van der Waals surface area contributed by atoms with Crippen molar-refractivity contribution in [3.05, 3.63) is 71.7 Å². The third-order valence-corrected chi connectivity index (χ3v) is 5.65. The molecule has 4 rings (SSSR count). The topological polar surface area (TPSA) is 24.3 Å². The fraction of sp³-hybridized carbons (Fsp3) is 0.320. The number of hydrogen-bond donors (Lipinski definition) is 0. The number of pyridine rings is 1.